The molecule has 0 spiro atoms. The standard InChI is InChI=1S/C11H12N4O2/c1-17-11-5-3-2-4-9(11)10(14-16)6-15-8-12-7-13-15/h2-5,7-8,10H,6H2,1H3. The summed E-state index contributed by atoms with van der Waals surface area (Å²) in [6.07, 6.45) is 2.97. The van der Waals surface area contributed by atoms with Crippen molar-refractivity contribution >= 4 is 0 Å². The van der Waals surface area contributed by atoms with Crippen molar-refractivity contribution < 1.29 is 4.74 Å². The van der Waals surface area contributed by atoms with E-state index in [1.807, 2.05) is 18.2 Å². The van der Waals surface area contributed by atoms with Crippen LogP contribution in [0.1, 0.15) is 11.6 Å². The topological polar surface area (TPSA) is 69.4 Å². The molecule has 17 heavy (non-hydrogen) atoms. The fraction of sp³-hybridized carbons (Fsp3) is 0.273. The van der Waals surface area contributed by atoms with Crippen LogP contribution in [0.4, 0.5) is 0 Å². The van der Waals surface area contributed by atoms with Crippen LogP contribution in [0.3, 0.4) is 0 Å². The second-order valence-corrected chi connectivity index (χ2v) is 3.48. The van der Waals surface area contributed by atoms with E-state index in [1.165, 1.54) is 6.33 Å². The fourth-order valence-electron chi connectivity index (χ4n) is 1.63. The van der Waals surface area contributed by atoms with Gasteiger partial charge in [0.15, 0.2) is 0 Å². The molecule has 0 amide bonds. The van der Waals surface area contributed by atoms with Crippen LogP contribution >= 0.6 is 0 Å². The summed E-state index contributed by atoms with van der Waals surface area (Å²) in [7, 11) is 1.57. The number of benzene rings is 1. The molecule has 0 aliphatic carbocycles. The molecule has 0 saturated heterocycles. The Balaban J connectivity index is 2.25. The van der Waals surface area contributed by atoms with Gasteiger partial charge in [-0.3, -0.25) is 4.68 Å². The average molecular weight is 232 g/mol. The summed E-state index contributed by atoms with van der Waals surface area (Å²) >= 11 is 0. The third-order valence-corrected chi connectivity index (χ3v) is 2.45. The van der Waals surface area contributed by atoms with Crippen molar-refractivity contribution in [3.8, 4) is 5.75 Å². The average Bonchev–Trinajstić information content (AvgIpc) is 2.89. The van der Waals surface area contributed by atoms with Gasteiger partial charge in [-0.1, -0.05) is 23.4 Å². The second kappa shape index (κ2) is 5.20. The molecule has 1 aromatic heterocycles. The van der Waals surface area contributed by atoms with Crippen molar-refractivity contribution in [3.63, 3.8) is 0 Å². The smallest absolute Gasteiger partial charge is 0.140 e. The summed E-state index contributed by atoms with van der Waals surface area (Å²) in [5, 5.41) is 7.07. The monoisotopic (exact) mass is 232 g/mol. The van der Waals surface area contributed by atoms with Gasteiger partial charge in [0, 0.05) is 5.56 Å². The minimum atomic E-state index is -0.534. The molecule has 0 aliphatic heterocycles. The van der Waals surface area contributed by atoms with Crippen molar-refractivity contribution in [2.75, 3.05) is 7.11 Å². The zero-order valence-corrected chi connectivity index (χ0v) is 9.35. The maximum Gasteiger partial charge on any atom is 0.140 e. The highest BCUT2D eigenvalue weighted by molar-refractivity contribution is 5.35. The van der Waals surface area contributed by atoms with E-state index in [2.05, 4.69) is 15.3 Å². The molecule has 0 aliphatic rings. The second-order valence-electron chi connectivity index (χ2n) is 3.48. The molecule has 2 aromatic rings. The maximum atomic E-state index is 10.9. The molecule has 0 fully saturated rings. The quantitative estimate of drug-likeness (QED) is 0.737. The van der Waals surface area contributed by atoms with Crippen LogP contribution in [0.15, 0.2) is 42.1 Å². The minimum Gasteiger partial charge on any atom is -0.496 e. The van der Waals surface area contributed by atoms with E-state index >= 15 is 0 Å². The Morgan fingerprint density at radius 1 is 1.47 bits per heavy atom. The molecule has 6 heteroatoms. The number of nitroso groups, excluding NO2 is 1. The first-order valence-corrected chi connectivity index (χ1v) is 5.13. The number of ether oxygens (including phenoxy) is 1. The largest absolute Gasteiger partial charge is 0.496 e. The summed E-state index contributed by atoms with van der Waals surface area (Å²) in [4.78, 5) is 14.8. The van der Waals surface area contributed by atoms with Gasteiger partial charge in [0.2, 0.25) is 0 Å². The first-order chi connectivity index (χ1) is 8.35. The lowest BCUT2D eigenvalue weighted by Gasteiger charge is -2.12. The third kappa shape index (κ3) is 2.47. The van der Waals surface area contributed by atoms with Gasteiger partial charge in [-0.15, -0.1) is 0 Å². The molecule has 0 saturated carbocycles. The Morgan fingerprint density at radius 3 is 2.94 bits per heavy atom. The Labute approximate surface area is 98.2 Å². The fourth-order valence-corrected chi connectivity index (χ4v) is 1.63. The zero-order chi connectivity index (χ0) is 12.1. The van der Waals surface area contributed by atoms with Crippen molar-refractivity contribution in [2.24, 2.45) is 5.18 Å². The molecule has 6 nitrogen and oxygen atoms in total. The molecule has 1 unspecified atom stereocenters. The third-order valence-electron chi connectivity index (χ3n) is 2.45. The highest BCUT2D eigenvalue weighted by Gasteiger charge is 2.17. The van der Waals surface area contributed by atoms with Gasteiger partial charge in [-0.05, 0) is 6.07 Å². The van der Waals surface area contributed by atoms with Gasteiger partial charge >= 0.3 is 0 Å². The van der Waals surface area contributed by atoms with Crippen LogP contribution in [0.2, 0.25) is 0 Å². The van der Waals surface area contributed by atoms with Crippen LogP contribution in [0, 0.1) is 4.91 Å². The molecular formula is C11H12N4O2. The van der Waals surface area contributed by atoms with Crippen molar-refractivity contribution in [1.29, 1.82) is 0 Å². The van der Waals surface area contributed by atoms with E-state index < -0.39 is 6.04 Å². The summed E-state index contributed by atoms with van der Waals surface area (Å²) in [6.45, 7) is 0.351. The SMILES string of the molecule is COc1ccccc1C(Cn1cncn1)N=O. The predicted octanol–water partition coefficient (Wildman–Crippen LogP) is 1.79. The van der Waals surface area contributed by atoms with Crippen LogP contribution < -0.4 is 4.74 Å². The zero-order valence-electron chi connectivity index (χ0n) is 9.35. The van der Waals surface area contributed by atoms with E-state index in [-0.39, 0.29) is 0 Å². The van der Waals surface area contributed by atoms with Crippen LogP contribution in [0.5, 0.6) is 5.75 Å². The predicted molar refractivity (Wildman–Crippen MR) is 61.6 cm³/mol. The molecule has 0 bridgehead atoms. The summed E-state index contributed by atoms with van der Waals surface area (Å²) in [5.41, 5.74) is 0.750. The maximum absolute atomic E-state index is 10.9. The molecule has 1 atom stereocenters. The molecule has 2 rings (SSSR count). The minimum absolute atomic E-state index is 0.351. The van der Waals surface area contributed by atoms with E-state index in [4.69, 9.17) is 4.74 Å². The first-order valence-electron chi connectivity index (χ1n) is 5.13. The van der Waals surface area contributed by atoms with E-state index in [0.717, 1.165) is 5.56 Å². The van der Waals surface area contributed by atoms with Gasteiger partial charge in [0.1, 0.15) is 24.4 Å². The first kappa shape index (κ1) is 11.3. The molecule has 1 heterocycles. The van der Waals surface area contributed by atoms with Gasteiger partial charge in [0.05, 0.1) is 13.7 Å². The lowest BCUT2D eigenvalue weighted by molar-refractivity contribution is 0.400. The van der Waals surface area contributed by atoms with E-state index in [0.29, 0.717) is 12.3 Å². The van der Waals surface area contributed by atoms with Crippen LogP contribution in [-0.4, -0.2) is 21.9 Å². The van der Waals surface area contributed by atoms with Crippen molar-refractivity contribution in [3.05, 3.63) is 47.4 Å². The van der Waals surface area contributed by atoms with Crippen molar-refractivity contribution in [1.82, 2.24) is 14.8 Å². The van der Waals surface area contributed by atoms with E-state index in [9.17, 15) is 4.91 Å². The Hall–Kier alpha value is -2.24. The number of methoxy groups -OCH3 is 1. The number of aromatic nitrogens is 3. The number of rotatable bonds is 5. The highest BCUT2D eigenvalue weighted by Crippen LogP contribution is 2.28. The summed E-state index contributed by atoms with van der Waals surface area (Å²) in [6, 6.07) is 6.78. The van der Waals surface area contributed by atoms with E-state index in [1.54, 1.807) is 24.2 Å². The molecule has 0 N–H and O–H groups in total. The Morgan fingerprint density at radius 2 is 2.29 bits per heavy atom. The van der Waals surface area contributed by atoms with Crippen LogP contribution in [0.25, 0.3) is 0 Å². The number of hydrogen-bond acceptors (Lipinski definition) is 5. The normalized spacial score (nSPS) is 12.1. The van der Waals surface area contributed by atoms with Gasteiger partial charge in [0.25, 0.3) is 0 Å². The lowest BCUT2D eigenvalue weighted by Crippen LogP contribution is -2.08. The number of para-hydroxylation sites is 1. The summed E-state index contributed by atoms with van der Waals surface area (Å²) < 4.78 is 6.77. The van der Waals surface area contributed by atoms with Gasteiger partial charge in [-0.2, -0.15) is 10.0 Å². The van der Waals surface area contributed by atoms with Gasteiger partial charge in [-0.25, -0.2) is 4.98 Å². The lowest BCUT2D eigenvalue weighted by atomic mass is 10.1. The van der Waals surface area contributed by atoms with Crippen LogP contribution in [-0.2, 0) is 6.54 Å². The number of nitrogens with zero attached hydrogens (tertiary/aromatic N) is 4. The Bertz CT molecular complexity index is 484. The molecular weight excluding hydrogens is 220 g/mol. The van der Waals surface area contributed by atoms with Crippen molar-refractivity contribution in [2.45, 2.75) is 12.6 Å². The highest BCUT2D eigenvalue weighted by atomic mass is 16.5. The number of hydrogen-bond donors (Lipinski definition) is 0. The summed E-state index contributed by atoms with van der Waals surface area (Å²) in [5.74, 6) is 0.650. The van der Waals surface area contributed by atoms with Gasteiger partial charge < -0.3 is 4.74 Å². The molecule has 88 valence electrons. The molecule has 0 radical (unpaired) electrons. The molecule has 1 aromatic carbocycles. The Kier molecular flexibility index (Phi) is 3.44.